The van der Waals surface area contributed by atoms with Crippen LogP contribution in [0.15, 0.2) is 11.6 Å². The van der Waals surface area contributed by atoms with E-state index in [4.69, 9.17) is 0 Å². The van der Waals surface area contributed by atoms with Crippen LogP contribution in [0.5, 0.6) is 0 Å². The first-order valence-electron chi connectivity index (χ1n) is 3.51. The number of nitrogens with zero attached hydrogens (tertiary/aromatic N) is 4. The lowest BCUT2D eigenvalue weighted by molar-refractivity contribution is 0.0987. The third-order valence-electron chi connectivity index (χ3n) is 1.45. The zero-order chi connectivity index (χ0) is 9.10. The molecule has 0 fully saturated rings. The molecule has 0 radical (unpaired) electrons. The van der Waals surface area contributed by atoms with Gasteiger partial charge in [-0.3, -0.25) is 4.79 Å². The van der Waals surface area contributed by atoms with Gasteiger partial charge in [0.25, 0.3) is 0 Å². The van der Waals surface area contributed by atoms with Crippen molar-refractivity contribution in [2.45, 2.75) is 6.42 Å². The van der Waals surface area contributed by atoms with Gasteiger partial charge in [0.1, 0.15) is 5.69 Å². The topological polar surface area (TPSA) is 84.4 Å². The standard InChI is InChI=1S/C6H5N5OS/c12-6(5-2-7-10-9-5)1-4-3-13-11-8-4/h2-3H,1H2,(H,7,9,10). The number of hydrogen-bond acceptors (Lipinski definition) is 6. The molecule has 0 aliphatic rings. The molecule has 2 rings (SSSR count). The molecular weight excluding hydrogens is 190 g/mol. The van der Waals surface area contributed by atoms with Crippen LogP contribution in [0, 0.1) is 0 Å². The lowest BCUT2D eigenvalue weighted by Gasteiger charge is -1.89. The molecule has 0 spiro atoms. The summed E-state index contributed by atoms with van der Waals surface area (Å²) in [4.78, 5) is 11.4. The van der Waals surface area contributed by atoms with Crippen LogP contribution in [0.25, 0.3) is 0 Å². The van der Waals surface area contributed by atoms with Crippen LogP contribution in [-0.2, 0) is 6.42 Å². The van der Waals surface area contributed by atoms with Crippen LogP contribution in [-0.4, -0.2) is 30.8 Å². The van der Waals surface area contributed by atoms with E-state index >= 15 is 0 Å². The minimum absolute atomic E-state index is 0.110. The van der Waals surface area contributed by atoms with E-state index in [2.05, 4.69) is 25.0 Å². The van der Waals surface area contributed by atoms with Gasteiger partial charge in [-0.1, -0.05) is 4.49 Å². The van der Waals surface area contributed by atoms with Gasteiger partial charge in [-0.25, -0.2) is 0 Å². The smallest absolute Gasteiger partial charge is 0.190 e. The molecule has 0 amide bonds. The second kappa shape index (κ2) is 3.40. The summed E-state index contributed by atoms with van der Waals surface area (Å²) in [5.74, 6) is -0.110. The highest BCUT2D eigenvalue weighted by molar-refractivity contribution is 7.03. The minimum atomic E-state index is -0.110. The van der Waals surface area contributed by atoms with E-state index in [0.29, 0.717) is 11.4 Å². The fraction of sp³-hybridized carbons (Fsp3) is 0.167. The fourth-order valence-electron chi connectivity index (χ4n) is 0.852. The first-order valence-corrected chi connectivity index (χ1v) is 4.35. The molecule has 0 aromatic carbocycles. The highest BCUT2D eigenvalue weighted by Gasteiger charge is 2.10. The summed E-state index contributed by atoms with van der Waals surface area (Å²) < 4.78 is 3.65. The summed E-state index contributed by atoms with van der Waals surface area (Å²) in [5.41, 5.74) is 0.992. The number of Topliss-reactive ketones (excluding diaryl/α,β-unsaturated/α-hetero) is 1. The summed E-state index contributed by atoms with van der Waals surface area (Å²) >= 11 is 1.22. The van der Waals surface area contributed by atoms with E-state index in [1.807, 2.05) is 0 Å². The lowest BCUT2D eigenvalue weighted by atomic mass is 10.2. The summed E-state index contributed by atoms with van der Waals surface area (Å²) in [7, 11) is 0. The van der Waals surface area contributed by atoms with Gasteiger partial charge in [0, 0.05) is 5.38 Å². The zero-order valence-corrected chi connectivity index (χ0v) is 7.28. The van der Waals surface area contributed by atoms with Gasteiger partial charge in [0.05, 0.1) is 18.3 Å². The SMILES string of the molecule is O=C(Cc1csnn1)c1cn[nH]n1. The Morgan fingerprint density at radius 2 is 2.54 bits per heavy atom. The van der Waals surface area contributed by atoms with Crippen LogP contribution in [0.3, 0.4) is 0 Å². The van der Waals surface area contributed by atoms with Gasteiger partial charge in [-0.05, 0) is 11.5 Å². The van der Waals surface area contributed by atoms with Crippen molar-refractivity contribution in [3.05, 3.63) is 23.0 Å². The maximum atomic E-state index is 11.4. The maximum absolute atomic E-state index is 11.4. The van der Waals surface area contributed by atoms with Crippen molar-refractivity contribution in [3.63, 3.8) is 0 Å². The number of carbonyl (C=O) groups excluding carboxylic acids is 1. The van der Waals surface area contributed by atoms with Gasteiger partial charge in [0.15, 0.2) is 5.78 Å². The second-order valence-electron chi connectivity index (χ2n) is 2.35. The van der Waals surface area contributed by atoms with E-state index in [9.17, 15) is 4.79 Å². The van der Waals surface area contributed by atoms with Gasteiger partial charge in [0.2, 0.25) is 0 Å². The average molecular weight is 195 g/mol. The molecule has 66 valence electrons. The van der Waals surface area contributed by atoms with Crippen molar-refractivity contribution in [3.8, 4) is 0 Å². The summed E-state index contributed by atoms with van der Waals surface area (Å²) in [6.07, 6.45) is 1.62. The van der Waals surface area contributed by atoms with Crippen LogP contribution in [0.4, 0.5) is 0 Å². The van der Waals surface area contributed by atoms with Gasteiger partial charge in [-0.15, -0.1) is 5.10 Å². The molecule has 0 atom stereocenters. The highest BCUT2D eigenvalue weighted by Crippen LogP contribution is 2.02. The summed E-state index contributed by atoms with van der Waals surface area (Å²) in [6.45, 7) is 0. The molecule has 0 saturated carbocycles. The molecule has 0 saturated heterocycles. The van der Waals surface area contributed by atoms with Gasteiger partial charge in [-0.2, -0.15) is 15.4 Å². The Kier molecular flexibility index (Phi) is 2.09. The number of carbonyl (C=O) groups is 1. The van der Waals surface area contributed by atoms with Crippen LogP contribution < -0.4 is 0 Å². The molecule has 2 aromatic heterocycles. The first-order chi connectivity index (χ1) is 6.36. The van der Waals surface area contributed by atoms with E-state index < -0.39 is 0 Å². The number of H-pyrrole nitrogens is 1. The predicted octanol–water partition coefficient (Wildman–Crippen LogP) is 0.0816. The number of rotatable bonds is 3. The number of hydrogen-bond donors (Lipinski definition) is 1. The van der Waals surface area contributed by atoms with Crippen molar-refractivity contribution in [2.24, 2.45) is 0 Å². The average Bonchev–Trinajstić information content (AvgIpc) is 2.74. The Hall–Kier alpha value is -1.63. The predicted molar refractivity (Wildman–Crippen MR) is 44.3 cm³/mol. The number of aromatic nitrogens is 5. The Labute approximate surface area is 77.2 Å². The van der Waals surface area contributed by atoms with E-state index in [-0.39, 0.29) is 12.2 Å². The number of ketones is 1. The number of aromatic amines is 1. The van der Waals surface area contributed by atoms with Crippen molar-refractivity contribution in [1.82, 2.24) is 25.0 Å². The number of nitrogens with one attached hydrogen (secondary N) is 1. The van der Waals surface area contributed by atoms with Gasteiger partial charge >= 0.3 is 0 Å². The molecule has 13 heavy (non-hydrogen) atoms. The zero-order valence-electron chi connectivity index (χ0n) is 6.47. The first kappa shape index (κ1) is 7.99. The van der Waals surface area contributed by atoms with E-state index in [1.165, 1.54) is 17.7 Å². The van der Waals surface area contributed by atoms with E-state index in [0.717, 1.165) is 0 Å². The molecule has 6 nitrogen and oxygen atoms in total. The molecule has 2 aromatic rings. The highest BCUT2D eigenvalue weighted by atomic mass is 32.1. The molecule has 0 unspecified atom stereocenters. The molecule has 2 heterocycles. The minimum Gasteiger partial charge on any atom is -0.292 e. The third kappa shape index (κ3) is 1.75. The molecule has 0 aliphatic carbocycles. The monoisotopic (exact) mass is 195 g/mol. The van der Waals surface area contributed by atoms with Crippen LogP contribution in [0.1, 0.15) is 16.2 Å². The molecule has 1 N–H and O–H groups in total. The van der Waals surface area contributed by atoms with Crippen molar-refractivity contribution >= 4 is 17.3 Å². The fourth-order valence-corrected chi connectivity index (χ4v) is 1.30. The van der Waals surface area contributed by atoms with Crippen LogP contribution >= 0.6 is 11.5 Å². The van der Waals surface area contributed by atoms with Gasteiger partial charge < -0.3 is 0 Å². The normalized spacial score (nSPS) is 10.2. The quantitative estimate of drug-likeness (QED) is 0.701. The molecule has 7 heteroatoms. The third-order valence-corrected chi connectivity index (χ3v) is 2.00. The van der Waals surface area contributed by atoms with Crippen LogP contribution in [0.2, 0.25) is 0 Å². The Balaban J connectivity index is 2.08. The molecule has 0 aliphatic heterocycles. The van der Waals surface area contributed by atoms with Crippen molar-refractivity contribution in [1.29, 1.82) is 0 Å². The second-order valence-corrected chi connectivity index (χ2v) is 2.96. The molecular formula is C6H5N5OS. The Morgan fingerprint density at radius 1 is 1.62 bits per heavy atom. The Bertz CT molecular complexity index is 381. The molecule has 0 bridgehead atoms. The Morgan fingerprint density at radius 3 is 3.15 bits per heavy atom. The lowest BCUT2D eigenvalue weighted by Crippen LogP contribution is -2.04. The van der Waals surface area contributed by atoms with E-state index in [1.54, 1.807) is 5.38 Å². The summed E-state index contributed by atoms with van der Waals surface area (Å²) in [5, 5.41) is 15.1. The van der Waals surface area contributed by atoms with Crippen molar-refractivity contribution < 1.29 is 4.79 Å². The van der Waals surface area contributed by atoms with Crippen molar-refractivity contribution in [2.75, 3.05) is 0 Å². The largest absolute Gasteiger partial charge is 0.292 e. The maximum Gasteiger partial charge on any atom is 0.190 e. The summed E-state index contributed by atoms with van der Waals surface area (Å²) in [6, 6.07) is 0.